The predicted octanol–water partition coefficient (Wildman–Crippen LogP) is 4.58. The number of fused-ring (bicyclic) bond motifs is 1. The van der Waals surface area contributed by atoms with Crippen LogP contribution in [0.2, 0.25) is 0 Å². The maximum atomic E-state index is 13.4. The van der Waals surface area contributed by atoms with Crippen LogP contribution < -0.4 is 10.9 Å². The highest BCUT2D eigenvalue weighted by Gasteiger charge is 2.28. The number of imidazole rings is 1. The summed E-state index contributed by atoms with van der Waals surface area (Å²) >= 11 is 0. The van der Waals surface area contributed by atoms with E-state index in [0.29, 0.717) is 30.0 Å². The Morgan fingerprint density at radius 1 is 1.06 bits per heavy atom. The molecule has 8 heteroatoms. The van der Waals surface area contributed by atoms with E-state index in [4.69, 9.17) is 0 Å². The lowest BCUT2D eigenvalue weighted by molar-refractivity contribution is 0.102. The van der Waals surface area contributed by atoms with Crippen LogP contribution in [0.1, 0.15) is 65.8 Å². The third-order valence-corrected chi connectivity index (χ3v) is 7.36. The van der Waals surface area contributed by atoms with Crippen LogP contribution >= 0.6 is 0 Å². The fourth-order valence-electron chi connectivity index (χ4n) is 5.18. The molecule has 0 bridgehead atoms. The highest BCUT2D eigenvalue weighted by Crippen LogP contribution is 2.40. The molecule has 36 heavy (non-hydrogen) atoms. The number of rotatable bonds is 6. The molecule has 1 amide bonds. The number of aromatic nitrogens is 5. The molecule has 0 saturated heterocycles. The number of nitrogens with one attached hydrogen (secondary N) is 1. The third-order valence-electron chi connectivity index (χ3n) is 7.36. The lowest BCUT2D eigenvalue weighted by Crippen LogP contribution is -2.29. The van der Waals surface area contributed by atoms with Crippen LogP contribution in [0.25, 0.3) is 22.6 Å². The van der Waals surface area contributed by atoms with Gasteiger partial charge in [0.05, 0.1) is 0 Å². The van der Waals surface area contributed by atoms with E-state index in [-0.39, 0.29) is 11.1 Å². The number of nitrogens with zero attached hydrogens (tertiary/aromatic N) is 5. The fraction of sp³-hybridized carbons (Fsp3) is 0.321. The van der Waals surface area contributed by atoms with E-state index >= 15 is 0 Å². The zero-order chi connectivity index (χ0) is 24.2. The topological polar surface area (TPSA) is 94.7 Å². The first-order valence-corrected chi connectivity index (χ1v) is 12.7. The smallest absolute Gasteiger partial charge is 0.263 e. The number of amides is 1. The summed E-state index contributed by atoms with van der Waals surface area (Å²) in [6, 6.07) is 11.8. The number of pyridine rings is 3. The molecule has 5 heterocycles. The Kier molecular flexibility index (Phi) is 4.87. The van der Waals surface area contributed by atoms with Crippen LogP contribution in [0.15, 0.2) is 59.8 Å². The summed E-state index contributed by atoms with van der Waals surface area (Å²) < 4.78 is 3.88. The van der Waals surface area contributed by atoms with E-state index in [1.54, 1.807) is 22.9 Å². The van der Waals surface area contributed by atoms with Gasteiger partial charge in [0.2, 0.25) is 0 Å². The fourth-order valence-corrected chi connectivity index (χ4v) is 5.18. The van der Waals surface area contributed by atoms with Crippen LogP contribution in [0.4, 0.5) is 5.82 Å². The Labute approximate surface area is 208 Å². The number of hydrogen-bond donors (Lipinski definition) is 1. The van der Waals surface area contributed by atoms with E-state index in [1.807, 2.05) is 24.5 Å². The number of hydrogen-bond acceptors (Lipinski definition) is 5. The van der Waals surface area contributed by atoms with Gasteiger partial charge in [0.25, 0.3) is 11.5 Å². The van der Waals surface area contributed by atoms with Crippen LogP contribution in [0.3, 0.4) is 0 Å². The predicted molar refractivity (Wildman–Crippen MR) is 136 cm³/mol. The second-order valence-electron chi connectivity index (χ2n) is 9.98. The van der Waals surface area contributed by atoms with Gasteiger partial charge in [-0.1, -0.05) is 12.1 Å². The maximum Gasteiger partial charge on any atom is 0.263 e. The third kappa shape index (κ3) is 3.73. The monoisotopic (exact) mass is 478 g/mol. The van der Waals surface area contributed by atoms with E-state index < -0.39 is 5.91 Å². The first-order chi connectivity index (χ1) is 17.7. The number of carbonyl (C=O) groups excluding carboxylic acids is 1. The van der Waals surface area contributed by atoms with Crippen LogP contribution in [0.5, 0.6) is 0 Å². The zero-order valence-electron chi connectivity index (χ0n) is 19.9. The highest BCUT2D eigenvalue weighted by atomic mass is 16.2. The van der Waals surface area contributed by atoms with Gasteiger partial charge in [-0.2, -0.15) is 0 Å². The molecule has 2 aliphatic carbocycles. The molecule has 8 nitrogen and oxygen atoms in total. The second kappa shape index (κ2) is 8.26. The minimum Gasteiger partial charge on any atom is -0.327 e. The van der Waals surface area contributed by atoms with Gasteiger partial charge in [0.1, 0.15) is 17.1 Å². The van der Waals surface area contributed by atoms with Gasteiger partial charge in [-0.15, -0.1) is 0 Å². The molecular formula is C28H26N6O2. The zero-order valence-corrected chi connectivity index (χ0v) is 19.9. The summed E-state index contributed by atoms with van der Waals surface area (Å²) in [6.45, 7) is 0.618. The summed E-state index contributed by atoms with van der Waals surface area (Å²) in [6.07, 6.45) is 12.0. The molecule has 4 aromatic rings. The summed E-state index contributed by atoms with van der Waals surface area (Å²) in [5.41, 5.74) is 4.49. The number of anilines is 1. The molecule has 1 N–H and O–H groups in total. The molecule has 0 atom stereocenters. The average molecular weight is 479 g/mol. The molecular weight excluding hydrogens is 452 g/mol. The lowest BCUT2D eigenvalue weighted by atomic mass is 10.0. The first kappa shape index (κ1) is 21.2. The van der Waals surface area contributed by atoms with Gasteiger partial charge in [-0.3, -0.25) is 14.6 Å². The van der Waals surface area contributed by atoms with Crippen molar-refractivity contribution in [1.29, 1.82) is 0 Å². The van der Waals surface area contributed by atoms with Crippen molar-refractivity contribution in [2.75, 3.05) is 5.32 Å². The van der Waals surface area contributed by atoms with Crippen LogP contribution in [-0.4, -0.2) is 30.0 Å². The van der Waals surface area contributed by atoms with Crippen molar-refractivity contribution in [3.05, 3.63) is 82.3 Å². The molecule has 180 valence electrons. The van der Waals surface area contributed by atoms with Gasteiger partial charge >= 0.3 is 0 Å². The standard InChI is InChI=1S/C28H26N6O2/c35-27(32-25-5-1-3-23(31-25)26-29-12-14-33(26)19-9-10-19)21-15-20(24-4-2-13-34(24)28(21)36)18-8-11-22(30-16-18)17-6-7-17/h1,3,5,8,11-12,14-17,19H,2,4,6-7,9-10,13H2,(H,31,32,35). The Bertz CT molecular complexity index is 1540. The highest BCUT2D eigenvalue weighted by molar-refractivity contribution is 6.04. The summed E-state index contributed by atoms with van der Waals surface area (Å²) in [5.74, 6) is 1.30. The molecule has 1 aliphatic heterocycles. The Hall–Kier alpha value is -4.07. The van der Waals surface area contributed by atoms with Crippen molar-refractivity contribution in [2.24, 2.45) is 0 Å². The van der Waals surface area contributed by atoms with Gasteiger partial charge in [0, 0.05) is 59.6 Å². The Morgan fingerprint density at radius 3 is 2.72 bits per heavy atom. The molecule has 3 aliphatic rings. The van der Waals surface area contributed by atoms with Crippen molar-refractivity contribution in [1.82, 2.24) is 24.1 Å². The average Bonchev–Trinajstić information content (AvgIpc) is 3.83. The Morgan fingerprint density at radius 2 is 1.94 bits per heavy atom. The molecule has 0 aromatic carbocycles. The van der Waals surface area contributed by atoms with Gasteiger partial charge in [0.15, 0.2) is 5.82 Å². The summed E-state index contributed by atoms with van der Waals surface area (Å²) in [5, 5.41) is 2.85. The van der Waals surface area contributed by atoms with Gasteiger partial charge < -0.3 is 14.5 Å². The molecule has 2 saturated carbocycles. The normalized spacial score (nSPS) is 16.7. The molecule has 4 aromatic heterocycles. The van der Waals surface area contributed by atoms with Crippen molar-refractivity contribution < 1.29 is 4.79 Å². The molecule has 0 spiro atoms. The molecule has 2 fully saturated rings. The summed E-state index contributed by atoms with van der Waals surface area (Å²) in [4.78, 5) is 40.4. The van der Waals surface area contributed by atoms with Gasteiger partial charge in [-0.05, 0) is 62.8 Å². The molecule has 0 unspecified atom stereocenters. The molecule has 0 radical (unpaired) electrons. The largest absolute Gasteiger partial charge is 0.327 e. The van der Waals surface area contributed by atoms with E-state index in [1.165, 1.54) is 12.8 Å². The van der Waals surface area contributed by atoms with Crippen LogP contribution in [0, 0.1) is 0 Å². The van der Waals surface area contributed by atoms with E-state index in [2.05, 4.69) is 37.0 Å². The minimum absolute atomic E-state index is 0.119. The van der Waals surface area contributed by atoms with Crippen molar-refractivity contribution in [3.8, 4) is 22.6 Å². The van der Waals surface area contributed by atoms with E-state index in [9.17, 15) is 9.59 Å². The van der Waals surface area contributed by atoms with Crippen molar-refractivity contribution in [2.45, 2.75) is 57.0 Å². The lowest BCUT2D eigenvalue weighted by Gasteiger charge is -2.14. The quantitative estimate of drug-likeness (QED) is 0.438. The number of carbonyl (C=O) groups is 1. The van der Waals surface area contributed by atoms with Crippen molar-refractivity contribution >= 4 is 11.7 Å². The minimum atomic E-state index is -0.457. The summed E-state index contributed by atoms with van der Waals surface area (Å²) in [7, 11) is 0. The molecule has 7 rings (SSSR count). The van der Waals surface area contributed by atoms with E-state index in [0.717, 1.165) is 54.0 Å². The van der Waals surface area contributed by atoms with Crippen LogP contribution in [-0.2, 0) is 13.0 Å². The SMILES string of the molecule is O=C(Nc1cccc(-c2nccn2C2CC2)n1)c1cc(-c2ccc(C3CC3)nc2)c2n(c1=O)CCC2. The maximum absolute atomic E-state index is 13.4. The Balaban J connectivity index is 1.21. The van der Waals surface area contributed by atoms with Crippen molar-refractivity contribution in [3.63, 3.8) is 0 Å². The first-order valence-electron chi connectivity index (χ1n) is 12.7. The second-order valence-corrected chi connectivity index (χ2v) is 9.98. The van der Waals surface area contributed by atoms with Gasteiger partial charge in [-0.25, -0.2) is 9.97 Å².